The number of anilines is 1. The van der Waals surface area contributed by atoms with Crippen LogP contribution in [0.2, 0.25) is 5.82 Å². The van der Waals surface area contributed by atoms with E-state index in [1.54, 1.807) is 19.1 Å². The Kier molecular flexibility index (Phi) is 8.34. The Morgan fingerprint density at radius 2 is 1.96 bits per heavy atom. The summed E-state index contributed by atoms with van der Waals surface area (Å²) in [6, 6.07) is 15.6. The molecule has 0 fully saturated rings. The minimum atomic E-state index is -0.386. The molecule has 0 bridgehead atoms. The first kappa shape index (κ1) is 21.3. The van der Waals surface area contributed by atoms with Crippen LogP contribution in [0.4, 0.5) is 5.69 Å². The third kappa shape index (κ3) is 6.01. The van der Waals surface area contributed by atoms with Crippen LogP contribution >= 0.6 is 0 Å². The average Bonchev–Trinajstić information content (AvgIpc) is 2.74. The van der Waals surface area contributed by atoms with E-state index in [2.05, 4.69) is 18.7 Å². The maximum atomic E-state index is 13.1. The molecule has 2 aromatic carbocycles. The summed E-state index contributed by atoms with van der Waals surface area (Å²) in [6.07, 6.45) is 5.19. The maximum Gasteiger partial charge on any atom is 0.354 e. The SMILES string of the molecule is C=CCCc1cccc(C[C@H](BOC=N)C(=O)N(C)c2ccc(OC)cc2)c1. The fourth-order valence-electron chi connectivity index (χ4n) is 3.05. The van der Waals surface area contributed by atoms with Crippen molar-refractivity contribution in [1.82, 2.24) is 0 Å². The molecular formula is C22H27BN2O3. The van der Waals surface area contributed by atoms with Gasteiger partial charge in [0.05, 0.1) is 12.9 Å². The molecule has 146 valence electrons. The second-order valence-electron chi connectivity index (χ2n) is 6.59. The average molecular weight is 378 g/mol. The van der Waals surface area contributed by atoms with Crippen LogP contribution in [-0.2, 0) is 22.3 Å². The highest BCUT2D eigenvalue weighted by Gasteiger charge is 2.26. The molecule has 1 atom stereocenters. The van der Waals surface area contributed by atoms with Crippen molar-refractivity contribution in [3.8, 4) is 5.75 Å². The van der Waals surface area contributed by atoms with Gasteiger partial charge in [0.1, 0.15) is 12.2 Å². The van der Waals surface area contributed by atoms with Crippen molar-refractivity contribution in [1.29, 1.82) is 5.41 Å². The van der Waals surface area contributed by atoms with E-state index in [-0.39, 0.29) is 19.2 Å². The third-order valence-electron chi connectivity index (χ3n) is 4.63. The smallest absolute Gasteiger partial charge is 0.354 e. The number of methoxy groups -OCH3 is 1. The van der Waals surface area contributed by atoms with E-state index in [1.807, 2.05) is 42.5 Å². The van der Waals surface area contributed by atoms with E-state index in [1.165, 1.54) is 5.56 Å². The number of amides is 1. The lowest BCUT2D eigenvalue weighted by Gasteiger charge is -2.23. The lowest BCUT2D eigenvalue weighted by atomic mass is 9.74. The highest BCUT2D eigenvalue weighted by Crippen LogP contribution is 2.23. The molecule has 0 saturated heterocycles. The minimum absolute atomic E-state index is 0.0523. The van der Waals surface area contributed by atoms with Gasteiger partial charge in [0, 0.05) is 12.7 Å². The lowest BCUT2D eigenvalue weighted by molar-refractivity contribution is -0.118. The molecule has 1 N–H and O–H groups in total. The van der Waals surface area contributed by atoms with Crippen LogP contribution in [0.3, 0.4) is 0 Å². The molecule has 0 unspecified atom stereocenters. The Labute approximate surface area is 167 Å². The molecule has 0 spiro atoms. The number of carbonyl (C=O) groups excluding carboxylic acids is 1. The first-order valence-electron chi connectivity index (χ1n) is 9.30. The van der Waals surface area contributed by atoms with Crippen LogP contribution in [0.15, 0.2) is 61.2 Å². The summed E-state index contributed by atoms with van der Waals surface area (Å²) in [6.45, 7) is 3.77. The standard InChI is InChI=1S/C22H27BN2O3/c1-4-5-7-17-8-6-9-18(14-17)15-21(23-28-16-24)22(26)25(2)19-10-12-20(27-3)13-11-19/h4,6,8-14,16,21,23-24H,1,5,7,15H2,2-3H3/t21-/m0/s1. The van der Waals surface area contributed by atoms with Crippen molar-refractivity contribution in [2.45, 2.75) is 25.1 Å². The van der Waals surface area contributed by atoms with Crippen molar-refractivity contribution in [3.05, 3.63) is 72.3 Å². The predicted octanol–water partition coefficient (Wildman–Crippen LogP) is 3.78. The van der Waals surface area contributed by atoms with Gasteiger partial charge in [-0.2, -0.15) is 0 Å². The first-order valence-corrected chi connectivity index (χ1v) is 9.30. The van der Waals surface area contributed by atoms with Gasteiger partial charge in [-0.25, -0.2) is 0 Å². The normalized spacial score (nSPS) is 11.2. The molecule has 0 radical (unpaired) electrons. The third-order valence-corrected chi connectivity index (χ3v) is 4.63. The zero-order chi connectivity index (χ0) is 20.4. The van der Waals surface area contributed by atoms with E-state index in [0.29, 0.717) is 6.42 Å². The Bertz CT molecular complexity index is 793. The Morgan fingerprint density at radius 1 is 1.25 bits per heavy atom. The Morgan fingerprint density at radius 3 is 2.61 bits per heavy atom. The monoisotopic (exact) mass is 378 g/mol. The number of benzene rings is 2. The fraction of sp³-hybridized carbons (Fsp3) is 0.273. The molecule has 6 heteroatoms. The zero-order valence-electron chi connectivity index (χ0n) is 16.6. The summed E-state index contributed by atoms with van der Waals surface area (Å²) >= 11 is 0. The molecule has 5 nitrogen and oxygen atoms in total. The first-order chi connectivity index (χ1) is 13.6. The second kappa shape index (κ2) is 11.0. The highest BCUT2D eigenvalue weighted by molar-refractivity contribution is 6.40. The molecule has 2 aromatic rings. The number of ether oxygens (including phenoxy) is 1. The van der Waals surface area contributed by atoms with Crippen LogP contribution in [0.5, 0.6) is 5.75 Å². The number of carbonyl (C=O) groups is 1. The maximum absolute atomic E-state index is 13.1. The van der Waals surface area contributed by atoms with Crippen molar-refractivity contribution in [2.24, 2.45) is 0 Å². The van der Waals surface area contributed by atoms with Gasteiger partial charge in [0.15, 0.2) is 0 Å². The van der Waals surface area contributed by atoms with Gasteiger partial charge in [0.25, 0.3) is 0 Å². The van der Waals surface area contributed by atoms with Crippen LogP contribution in [-0.4, -0.2) is 33.9 Å². The van der Waals surface area contributed by atoms with Gasteiger partial charge in [-0.3, -0.25) is 10.2 Å². The number of allylic oxidation sites excluding steroid dienone is 1. The summed E-state index contributed by atoms with van der Waals surface area (Å²) in [4.78, 5) is 14.7. The van der Waals surface area contributed by atoms with Crippen LogP contribution in [0.25, 0.3) is 0 Å². The van der Waals surface area contributed by atoms with E-state index in [4.69, 9.17) is 14.8 Å². The minimum Gasteiger partial charge on any atom is -0.556 e. The molecular weight excluding hydrogens is 351 g/mol. The predicted molar refractivity (Wildman–Crippen MR) is 116 cm³/mol. The number of nitrogens with one attached hydrogen (secondary N) is 1. The number of hydrogen-bond acceptors (Lipinski definition) is 4. The lowest BCUT2D eigenvalue weighted by Crippen LogP contribution is -2.34. The molecule has 1 amide bonds. The van der Waals surface area contributed by atoms with Crippen molar-refractivity contribution in [2.75, 3.05) is 19.1 Å². The Balaban J connectivity index is 2.15. The van der Waals surface area contributed by atoms with Gasteiger partial charge in [-0.15, -0.1) is 6.58 Å². The Hall–Kier alpha value is -3.02. The van der Waals surface area contributed by atoms with E-state index >= 15 is 0 Å². The second-order valence-corrected chi connectivity index (χ2v) is 6.59. The fourth-order valence-corrected chi connectivity index (χ4v) is 3.05. The van der Waals surface area contributed by atoms with E-state index in [9.17, 15) is 4.79 Å². The molecule has 0 aromatic heterocycles. The number of hydrogen-bond donors (Lipinski definition) is 1. The summed E-state index contributed by atoms with van der Waals surface area (Å²) in [5.74, 6) is 0.302. The van der Waals surface area contributed by atoms with Gasteiger partial charge >= 0.3 is 7.48 Å². The van der Waals surface area contributed by atoms with Crippen LogP contribution in [0.1, 0.15) is 17.5 Å². The molecule has 0 heterocycles. The zero-order valence-corrected chi connectivity index (χ0v) is 16.6. The molecule has 0 saturated carbocycles. The molecule has 28 heavy (non-hydrogen) atoms. The number of aryl methyl sites for hydroxylation is 1. The van der Waals surface area contributed by atoms with Gasteiger partial charge in [-0.1, -0.05) is 30.3 Å². The van der Waals surface area contributed by atoms with Gasteiger partial charge in [-0.05, 0) is 54.7 Å². The molecule has 2 rings (SSSR count). The highest BCUT2D eigenvalue weighted by atomic mass is 16.5. The summed E-state index contributed by atoms with van der Waals surface area (Å²) in [7, 11) is 3.53. The molecule has 0 aliphatic rings. The summed E-state index contributed by atoms with van der Waals surface area (Å²) in [5, 5.41) is 7.15. The van der Waals surface area contributed by atoms with Crippen LogP contribution < -0.4 is 9.64 Å². The van der Waals surface area contributed by atoms with E-state index < -0.39 is 0 Å². The quantitative estimate of drug-likeness (QED) is 0.280. The van der Waals surface area contributed by atoms with Crippen LogP contribution in [0, 0.1) is 5.41 Å². The van der Waals surface area contributed by atoms with E-state index in [0.717, 1.165) is 36.2 Å². The molecule has 0 aliphatic carbocycles. The van der Waals surface area contributed by atoms with Crippen molar-refractivity contribution in [3.63, 3.8) is 0 Å². The largest absolute Gasteiger partial charge is 0.556 e. The molecule has 0 aliphatic heterocycles. The number of rotatable bonds is 11. The van der Waals surface area contributed by atoms with Crippen molar-refractivity contribution < 1.29 is 14.2 Å². The van der Waals surface area contributed by atoms with Gasteiger partial charge < -0.3 is 14.3 Å². The topological polar surface area (TPSA) is 62.6 Å². The summed E-state index contributed by atoms with van der Waals surface area (Å²) in [5.41, 5.74) is 3.09. The summed E-state index contributed by atoms with van der Waals surface area (Å²) < 4.78 is 10.3. The number of nitrogens with zero attached hydrogens (tertiary/aromatic N) is 1. The van der Waals surface area contributed by atoms with Gasteiger partial charge in [0.2, 0.25) is 5.91 Å². The van der Waals surface area contributed by atoms with Crippen molar-refractivity contribution >= 4 is 25.5 Å².